The molecule has 2 N–H and O–H groups in total. The van der Waals surface area contributed by atoms with Gasteiger partial charge < -0.3 is 10.1 Å². The minimum absolute atomic E-state index is 0.0120. The van der Waals surface area contributed by atoms with Gasteiger partial charge in [-0.1, -0.05) is 54.6 Å². The lowest BCUT2D eigenvalue weighted by molar-refractivity contribution is 0.0699. The van der Waals surface area contributed by atoms with Gasteiger partial charge in [-0.15, -0.1) is 0 Å². The number of fused-ring (bicyclic) bond motifs is 1. The summed E-state index contributed by atoms with van der Waals surface area (Å²) in [6.07, 6.45) is 2.46. The van der Waals surface area contributed by atoms with Crippen LogP contribution in [0.3, 0.4) is 0 Å². The number of aromatic amines is 1. The molecule has 8 heteroatoms. The molecule has 0 radical (unpaired) electrons. The Hall–Kier alpha value is -4.46. The van der Waals surface area contributed by atoms with Crippen LogP contribution in [0.15, 0.2) is 66.7 Å². The Balaban J connectivity index is 1.48. The average Bonchev–Trinajstić information content (AvgIpc) is 3.28. The van der Waals surface area contributed by atoms with Crippen LogP contribution in [0.2, 0.25) is 0 Å². The summed E-state index contributed by atoms with van der Waals surface area (Å²) in [7, 11) is 0. The van der Waals surface area contributed by atoms with E-state index in [2.05, 4.69) is 9.97 Å². The molecule has 1 aromatic heterocycles. The molecule has 5 aromatic rings. The van der Waals surface area contributed by atoms with Gasteiger partial charge in [0.2, 0.25) is 0 Å². The van der Waals surface area contributed by atoms with E-state index in [9.17, 15) is 9.90 Å². The number of carboxylic acid groups (broad SMARTS) is 1. The van der Waals surface area contributed by atoms with Crippen molar-refractivity contribution < 1.29 is 27.5 Å². The van der Waals surface area contributed by atoms with Crippen LogP contribution in [0.25, 0.3) is 33.3 Å². The Kier molecular flexibility index (Phi) is 6.72. The number of hydrogen-bond donors (Lipinski definition) is 2. The number of halogens is 4. The van der Waals surface area contributed by atoms with Crippen LogP contribution in [0.4, 0.5) is 17.6 Å². The van der Waals surface area contributed by atoms with E-state index >= 15 is 17.6 Å². The monoisotopic (exact) mass is 518 g/mol. The van der Waals surface area contributed by atoms with Crippen molar-refractivity contribution in [1.82, 2.24) is 9.97 Å². The van der Waals surface area contributed by atoms with Gasteiger partial charge in [0.25, 0.3) is 0 Å². The van der Waals surface area contributed by atoms with Gasteiger partial charge in [0, 0.05) is 0 Å². The fourth-order valence-electron chi connectivity index (χ4n) is 4.67. The number of aromatic carboxylic acids is 1. The topological polar surface area (TPSA) is 66.0 Å². The standard InChI is InChI=1S/C30H22F4N2O2/c1-16-35-22-15-20(14-21(30(37)38)29(22)36-16)24-27(33)25(31)23(26(32)28(24)34)19-12-10-18(11-13-19)9-5-8-17-6-3-2-4-7-17/h2-4,6-7,10-15H,5,8-9H2,1H3,(H,35,36)(H,37,38). The first-order valence-electron chi connectivity index (χ1n) is 12.0. The lowest BCUT2D eigenvalue weighted by atomic mass is 9.95. The van der Waals surface area contributed by atoms with Crippen molar-refractivity contribution in [3.05, 3.63) is 113 Å². The highest BCUT2D eigenvalue weighted by Gasteiger charge is 2.28. The van der Waals surface area contributed by atoms with Crippen molar-refractivity contribution in [1.29, 1.82) is 0 Å². The third-order valence-corrected chi connectivity index (χ3v) is 6.50. The van der Waals surface area contributed by atoms with E-state index < -0.39 is 40.4 Å². The van der Waals surface area contributed by atoms with Crippen molar-refractivity contribution in [2.24, 2.45) is 0 Å². The molecule has 0 spiro atoms. The molecule has 0 bridgehead atoms. The van der Waals surface area contributed by atoms with Crippen molar-refractivity contribution in [3.8, 4) is 22.3 Å². The zero-order valence-corrected chi connectivity index (χ0v) is 20.3. The first-order chi connectivity index (χ1) is 18.2. The van der Waals surface area contributed by atoms with Crippen LogP contribution in [-0.2, 0) is 12.8 Å². The van der Waals surface area contributed by atoms with Gasteiger partial charge in [-0.3, -0.25) is 0 Å². The van der Waals surface area contributed by atoms with Gasteiger partial charge in [0.05, 0.1) is 22.2 Å². The van der Waals surface area contributed by atoms with Gasteiger partial charge in [-0.05, 0) is 60.6 Å². The maximum absolute atomic E-state index is 15.3. The van der Waals surface area contributed by atoms with E-state index in [1.807, 2.05) is 30.3 Å². The lowest BCUT2D eigenvalue weighted by Crippen LogP contribution is -2.05. The molecule has 0 atom stereocenters. The largest absolute Gasteiger partial charge is 0.478 e. The summed E-state index contributed by atoms with van der Waals surface area (Å²) in [4.78, 5) is 18.6. The Morgan fingerprint density at radius 2 is 1.34 bits per heavy atom. The first kappa shape index (κ1) is 25.2. The Labute approximate surface area is 215 Å². The molecule has 1 heterocycles. The highest BCUT2D eigenvalue weighted by atomic mass is 19.2. The number of benzene rings is 4. The third-order valence-electron chi connectivity index (χ3n) is 6.50. The molecule has 192 valence electrons. The molecule has 0 unspecified atom stereocenters. The second kappa shape index (κ2) is 10.1. The summed E-state index contributed by atoms with van der Waals surface area (Å²) < 4.78 is 61.0. The zero-order chi connectivity index (χ0) is 27.0. The number of carboxylic acids is 1. The van der Waals surface area contributed by atoms with E-state index in [-0.39, 0.29) is 27.7 Å². The Morgan fingerprint density at radius 1 is 0.789 bits per heavy atom. The second-order valence-electron chi connectivity index (χ2n) is 9.09. The number of aryl methyl sites for hydroxylation is 3. The summed E-state index contributed by atoms with van der Waals surface area (Å²) >= 11 is 0. The SMILES string of the molecule is Cc1nc2c(C(=O)O)cc(-c3c(F)c(F)c(-c4ccc(CCCc5ccccc5)cc4)c(F)c3F)cc2[nH]1. The molecular formula is C30H22F4N2O2. The van der Waals surface area contributed by atoms with Crippen molar-refractivity contribution in [2.45, 2.75) is 26.2 Å². The number of rotatable bonds is 7. The number of aromatic nitrogens is 2. The van der Waals surface area contributed by atoms with E-state index in [0.717, 1.165) is 30.9 Å². The molecule has 0 fully saturated rings. The molecule has 0 aliphatic carbocycles. The van der Waals surface area contributed by atoms with Gasteiger partial charge >= 0.3 is 5.97 Å². The molecule has 5 rings (SSSR count). The van der Waals surface area contributed by atoms with Crippen LogP contribution in [0, 0.1) is 30.2 Å². The third kappa shape index (κ3) is 4.65. The number of hydrogen-bond acceptors (Lipinski definition) is 2. The van der Waals surface area contributed by atoms with Crippen LogP contribution < -0.4 is 0 Å². The van der Waals surface area contributed by atoms with Crippen LogP contribution >= 0.6 is 0 Å². The minimum Gasteiger partial charge on any atom is -0.478 e. The normalized spacial score (nSPS) is 11.3. The highest BCUT2D eigenvalue weighted by Crippen LogP contribution is 2.38. The zero-order valence-electron chi connectivity index (χ0n) is 20.3. The quantitative estimate of drug-likeness (QED) is 0.172. The molecule has 0 saturated heterocycles. The molecule has 4 nitrogen and oxygen atoms in total. The molecule has 38 heavy (non-hydrogen) atoms. The van der Waals surface area contributed by atoms with Crippen LogP contribution in [-0.4, -0.2) is 21.0 Å². The maximum atomic E-state index is 15.3. The number of H-pyrrole nitrogens is 1. The lowest BCUT2D eigenvalue weighted by Gasteiger charge is -2.14. The van der Waals surface area contributed by atoms with E-state index in [4.69, 9.17) is 0 Å². The first-order valence-corrected chi connectivity index (χ1v) is 12.0. The smallest absolute Gasteiger partial charge is 0.337 e. The van der Waals surface area contributed by atoms with Gasteiger partial charge in [0.1, 0.15) is 11.3 Å². The Bertz CT molecular complexity index is 1630. The van der Waals surface area contributed by atoms with Crippen molar-refractivity contribution >= 4 is 17.0 Å². The number of nitrogens with zero attached hydrogens (tertiary/aromatic N) is 1. The van der Waals surface area contributed by atoms with Gasteiger partial charge in [-0.2, -0.15) is 0 Å². The van der Waals surface area contributed by atoms with Gasteiger partial charge in [0.15, 0.2) is 23.3 Å². The maximum Gasteiger partial charge on any atom is 0.337 e. The summed E-state index contributed by atoms with van der Waals surface area (Å²) in [6.45, 7) is 1.58. The fourth-order valence-corrected chi connectivity index (χ4v) is 4.67. The summed E-state index contributed by atoms with van der Waals surface area (Å²) in [6, 6.07) is 18.4. The molecule has 0 aliphatic heterocycles. The van der Waals surface area contributed by atoms with E-state index in [1.54, 1.807) is 19.1 Å². The number of nitrogens with one attached hydrogen (secondary N) is 1. The predicted octanol–water partition coefficient (Wildman–Crippen LogP) is 7.64. The molecule has 0 aliphatic rings. The summed E-state index contributed by atoms with van der Waals surface area (Å²) in [5.41, 5.74) is -0.134. The predicted molar refractivity (Wildman–Crippen MR) is 137 cm³/mol. The average molecular weight is 519 g/mol. The van der Waals surface area contributed by atoms with Crippen molar-refractivity contribution in [3.63, 3.8) is 0 Å². The summed E-state index contributed by atoms with van der Waals surface area (Å²) in [5.74, 6) is -7.38. The summed E-state index contributed by atoms with van der Waals surface area (Å²) in [5, 5.41) is 9.55. The van der Waals surface area contributed by atoms with E-state index in [1.165, 1.54) is 23.8 Å². The van der Waals surface area contributed by atoms with Crippen LogP contribution in [0.1, 0.15) is 33.7 Å². The van der Waals surface area contributed by atoms with Crippen LogP contribution in [0.5, 0.6) is 0 Å². The molecular weight excluding hydrogens is 496 g/mol. The molecule has 4 aromatic carbocycles. The molecule has 0 saturated carbocycles. The number of carbonyl (C=O) groups is 1. The fraction of sp³-hybridized carbons (Fsp3) is 0.133. The van der Waals surface area contributed by atoms with E-state index in [0.29, 0.717) is 5.82 Å². The van der Waals surface area contributed by atoms with Gasteiger partial charge in [-0.25, -0.2) is 27.3 Å². The minimum atomic E-state index is -1.61. The van der Waals surface area contributed by atoms with Crippen molar-refractivity contribution in [2.75, 3.05) is 0 Å². The molecule has 0 amide bonds. The second-order valence-corrected chi connectivity index (χ2v) is 9.09. The Morgan fingerprint density at radius 3 is 1.92 bits per heavy atom. The number of imidazole rings is 1. The highest BCUT2D eigenvalue weighted by molar-refractivity contribution is 6.03.